The number of hydrogen-bond acceptors (Lipinski definition) is 3. The van der Waals surface area contributed by atoms with E-state index in [-0.39, 0.29) is 36.5 Å². The van der Waals surface area contributed by atoms with Crippen LogP contribution in [-0.4, -0.2) is 42.5 Å². The molecule has 1 aromatic carbocycles. The lowest BCUT2D eigenvalue weighted by molar-refractivity contribution is -0.137. The van der Waals surface area contributed by atoms with E-state index in [1.165, 1.54) is 12.1 Å². The van der Waals surface area contributed by atoms with Gasteiger partial charge < -0.3 is 15.5 Å². The van der Waals surface area contributed by atoms with Crippen LogP contribution in [-0.2, 0) is 4.79 Å². The predicted molar refractivity (Wildman–Crippen MR) is 95.1 cm³/mol. The van der Waals surface area contributed by atoms with Crippen molar-refractivity contribution in [2.24, 2.45) is 5.73 Å². The molecule has 2 fully saturated rings. The first-order valence-electron chi connectivity index (χ1n) is 7.67. The SMILES string of the molecule is Cl.Cl.NC1(C(=O)N2CCN(c3ccc(F)cc3)CC2)CCCC1. The minimum atomic E-state index is -0.627. The number of hydrogen-bond donors (Lipinski definition) is 1. The van der Waals surface area contributed by atoms with Crippen molar-refractivity contribution < 1.29 is 9.18 Å². The first-order chi connectivity index (χ1) is 10.1. The van der Waals surface area contributed by atoms with Crippen LogP contribution in [0.5, 0.6) is 0 Å². The molecule has 1 amide bonds. The number of benzene rings is 1. The molecule has 1 aromatic rings. The van der Waals surface area contributed by atoms with E-state index in [0.29, 0.717) is 13.1 Å². The molecule has 1 saturated heterocycles. The lowest BCUT2D eigenvalue weighted by Gasteiger charge is -2.39. The van der Waals surface area contributed by atoms with Gasteiger partial charge in [-0.3, -0.25) is 4.79 Å². The summed E-state index contributed by atoms with van der Waals surface area (Å²) in [5.41, 5.74) is 6.63. The summed E-state index contributed by atoms with van der Waals surface area (Å²) in [5.74, 6) is -0.113. The molecule has 2 N–H and O–H groups in total. The number of halogens is 3. The Hall–Kier alpha value is -1.04. The van der Waals surface area contributed by atoms with Crippen LogP contribution in [0.3, 0.4) is 0 Å². The van der Waals surface area contributed by atoms with Crippen LogP contribution < -0.4 is 10.6 Å². The fourth-order valence-corrected chi connectivity index (χ4v) is 3.35. The van der Waals surface area contributed by atoms with Gasteiger partial charge in [-0.15, -0.1) is 24.8 Å². The highest BCUT2D eigenvalue weighted by atomic mass is 35.5. The Morgan fingerprint density at radius 1 is 1.00 bits per heavy atom. The van der Waals surface area contributed by atoms with Gasteiger partial charge in [-0.1, -0.05) is 12.8 Å². The number of rotatable bonds is 2. The molecule has 0 bridgehead atoms. The third-order valence-electron chi connectivity index (χ3n) is 4.68. The molecule has 1 aliphatic heterocycles. The summed E-state index contributed by atoms with van der Waals surface area (Å²) in [6, 6.07) is 6.52. The molecule has 4 nitrogen and oxygen atoms in total. The zero-order valence-electron chi connectivity index (χ0n) is 13.0. The lowest BCUT2D eigenvalue weighted by Crippen LogP contribution is -2.58. The molecular weight excluding hydrogens is 340 g/mol. The summed E-state index contributed by atoms with van der Waals surface area (Å²) in [6.07, 6.45) is 3.73. The zero-order valence-corrected chi connectivity index (χ0v) is 14.7. The summed E-state index contributed by atoms with van der Waals surface area (Å²) < 4.78 is 13.0. The first-order valence-corrected chi connectivity index (χ1v) is 7.67. The Morgan fingerprint density at radius 3 is 2.04 bits per heavy atom. The maximum absolute atomic E-state index is 13.0. The van der Waals surface area contributed by atoms with Crippen molar-refractivity contribution in [3.8, 4) is 0 Å². The molecule has 0 spiro atoms. The van der Waals surface area contributed by atoms with Gasteiger partial charge in [0.25, 0.3) is 0 Å². The van der Waals surface area contributed by atoms with E-state index in [1.54, 1.807) is 12.1 Å². The third-order valence-corrected chi connectivity index (χ3v) is 4.68. The Kier molecular flexibility index (Phi) is 7.11. The first kappa shape index (κ1) is 20.0. The Morgan fingerprint density at radius 2 is 1.52 bits per heavy atom. The fourth-order valence-electron chi connectivity index (χ4n) is 3.35. The van der Waals surface area contributed by atoms with Crippen LogP contribution in [0.4, 0.5) is 10.1 Å². The zero-order chi connectivity index (χ0) is 14.9. The number of anilines is 1. The van der Waals surface area contributed by atoms with Crippen molar-refractivity contribution in [2.45, 2.75) is 31.2 Å². The molecule has 3 rings (SSSR count). The molecule has 0 atom stereocenters. The van der Waals surface area contributed by atoms with E-state index in [4.69, 9.17) is 5.73 Å². The second-order valence-electron chi connectivity index (χ2n) is 6.12. The number of piperazine rings is 1. The minimum Gasteiger partial charge on any atom is -0.368 e. The highest BCUT2D eigenvalue weighted by molar-refractivity contribution is 5.86. The van der Waals surface area contributed by atoms with E-state index >= 15 is 0 Å². The van der Waals surface area contributed by atoms with Gasteiger partial charge in [0.05, 0.1) is 5.54 Å². The Bertz CT molecular complexity index is 513. The summed E-state index contributed by atoms with van der Waals surface area (Å²) in [6.45, 7) is 2.92. The summed E-state index contributed by atoms with van der Waals surface area (Å²) in [4.78, 5) is 16.6. The van der Waals surface area contributed by atoms with E-state index in [1.807, 2.05) is 4.90 Å². The van der Waals surface area contributed by atoms with Crippen molar-refractivity contribution in [3.63, 3.8) is 0 Å². The quantitative estimate of drug-likeness (QED) is 0.878. The standard InChI is InChI=1S/C16H22FN3O.2ClH/c17-13-3-5-14(6-4-13)19-9-11-20(12-10-19)15(21)16(18)7-1-2-8-16;;/h3-6H,1-2,7-12,18H2;2*1H. The second-order valence-corrected chi connectivity index (χ2v) is 6.12. The van der Waals surface area contributed by atoms with Crippen LogP contribution in [0, 0.1) is 5.82 Å². The second kappa shape index (κ2) is 8.18. The number of nitrogens with zero attached hydrogens (tertiary/aromatic N) is 2. The smallest absolute Gasteiger partial charge is 0.242 e. The van der Waals surface area contributed by atoms with Crippen LogP contribution in [0.2, 0.25) is 0 Å². The van der Waals surface area contributed by atoms with Crippen LogP contribution >= 0.6 is 24.8 Å². The summed E-state index contributed by atoms with van der Waals surface area (Å²) in [5, 5.41) is 0. The number of carbonyl (C=O) groups excluding carboxylic acids is 1. The lowest BCUT2D eigenvalue weighted by atomic mass is 9.97. The summed E-state index contributed by atoms with van der Waals surface area (Å²) >= 11 is 0. The van der Waals surface area contributed by atoms with Crippen LogP contribution in [0.25, 0.3) is 0 Å². The number of carbonyl (C=O) groups is 1. The molecule has 1 heterocycles. The maximum Gasteiger partial charge on any atom is 0.242 e. The van der Waals surface area contributed by atoms with Gasteiger partial charge in [0, 0.05) is 31.9 Å². The van der Waals surface area contributed by atoms with Gasteiger partial charge in [0.2, 0.25) is 5.91 Å². The summed E-state index contributed by atoms with van der Waals surface area (Å²) in [7, 11) is 0. The van der Waals surface area contributed by atoms with Crippen molar-refractivity contribution in [3.05, 3.63) is 30.1 Å². The average Bonchev–Trinajstić information content (AvgIpc) is 2.96. The molecular formula is C16H24Cl2FN3O. The number of amides is 1. The van der Waals surface area contributed by atoms with Crippen LogP contribution in [0.1, 0.15) is 25.7 Å². The fraction of sp³-hybridized carbons (Fsp3) is 0.562. The third kappa shape index (κ3) is 4.28. The monoisotopic (exact) mass is 363 g/mol. The maximum atomic E-state index is 13.0. The highest BCUT2D eigenvalue weighted by Gasteiger charge is 2.40. The van der Waals surface area contributed by atoms with E-state index < -0.39 is 5.54 Å². The van der Waals surface area contributed by atoms with Gasteiger partial charge in [-0.05, 0) is 37.1 Å². The molecule has 1 aliphatic carbocycles. The largest absolute Gasteiger partial charge is 0.368 e. The molecule has 2 aliphatic rings. The van der Waals surface area contributed by atoms with E-state index in [0.717, 1.165) is 44.5 Å². The number of nitrogens with two attached hydrogens (primary N) is 1. The van der Waals surface area contributed by atoms with Crippen molar-refractivity contribution in [1.29, 1.82) is 0 Å². The normalized spacial score (nSPS) is 19.7. The topological polar surface area (TPSA) is 49.6 Å². The average molecular weight is 364 g/mol. The predicted octanol–water partition coefficient (Wildman–Crippen LogP) is 2.59. The van der Waals surface area contributed by atoms with Gasteiger partial charge in [0.15, 0.2) is 0 Å². The molecule has 0 aromatic heterocycles. The molecule has 23 heavy (non-hydrogen) atoms. The van der Waals surface area contributed by atoms with E-state index in [2.05, 4.69) is 4.90 Å². The van der Waals surface area contributed by atoms with Crippen molar-refractivity contribution in [2.75, 3.05) is 31.1 Å². The van der Waals surface area contributed by atoms with Crippen molar-refractivity contribution >= 4 is 36.4 Å². The van der Waals surface area contributed by atoms with E-state index in [9.17, 15) is 9.18 Å². The van der Waals surface area contributed by atoms with Gasteiger partial charge in [-0.25, -0.2) is 4.39 Å². The Labute approximate surface area is 149 Å². The van der Waals surface area contributed by atoms with Crippen LogP contribution in [0.15, 0.2) is 24.3 Å². The minimum absolute atomic E-state index is 0. The van der Waals surface area contributed by atoms with Gasteiger partial charge in [0.1, 0.15) is 5.82 Å². The van der Waals surface area contributed by atoms with Crippen molar-refractivity contribution in [1.82, 2.24) is 4.90 Å². The molecule has 0 radical (unpaired) electrons. The molecule has 130 valence electrons. The molecule has 1 saturated carbocycles. The van der Waals surface area contributed by atoms with Gasteiger partial charge >= 0.3 is 0 Å². The highest BCUT2D eigenvalue weighted by Crippen LogP contribution is 2.29. The van der Waals surface area contributed by atoms with Gasteiger partial charge in [-0.2, -0.15) is 0 Å². The Balaban J connectivity index is 0.00000132. The molecule has 0 unspecified atom stereocenters. The molecule has 7 heteroatoms.